The molecule has 0 bridgehead atoms. The summed E-state index contributed by atoms with van der Waals surface area (Å²) < 4.78 is 14.2. The van der Waals surface area contributed by atoms with Crippen molar-refractivity contribution in [3.63, 3.8) is 0 Å². The zero-order chi connectivity index (χ0) is 5.82. The maximum absolute atomic E-state index is 8.49. The van der Waals surface area contributed by atoms with Crippen LogP contribution in [0.15, 0.2) is 22.8 Å². The Hall–Kier alpha value is -0.0300. The van der Waals surface area contributed by atoms with Gasteiger partial charge in [-0.1, -0.05) is 0 Å². The summed E-state index contributed by atoms with van der Waals surface area (Å²) in [4.78, 5) is 0. The Morgan fingerprint density at radius 3 is 3.12 bits per heavy atom. The molecule has 0 aliphatic heterocycles. The summed E-state index contributed by atoms with van der Waals surface area (Å²) >= 11 is -0.639. The van der Waals surface area contributed by atoms with Crippen molar-refractivity contribution in [1.82, 2.24) is 0 Å². The normalized spacial score (nSPS) is 10.1. The Labute approximate surface area is 58.3 Å². The summed E-state index contributed by atoms with van der Waals surface area (Å²) in [6.45, 7) is 0. The molecule has 0 unspecified atom stereocenters. The molecule has 0 aliphatic rings. The molecule has 46 valence electrons. The Kier molecular flexibility index (Phi) is 2.35. The van der Waals surface area contributed by atoms with E-state index < -0.39 is 21.6 Å². The summed E-state index contributed by atoms with van der Waals surface area (Å²) in [5, 5.41) is 0. The predicted molar refractivity (Wildman–Crippen MR) is 24.6 cm³/mol. The van der Waals surface area contributed by atoms with Gasteiger partial charge in [0.25, 0.3) is 0 Å². The molecule has 1 heterocycles. The third-order valence-electron chi connectivity index (χ3n) is 0.772. The molecule has 0 radical (unpaired) electrons. The summed E-state index contributed by atoms with van der Waals surface area (Å²) in [6.07, 6.45) is 1.62. The molecule has 1 N–H and O–H groups in total. The van der Waals surface area contributed by atoms with E-state index in [1.807, 2.05) is 12.1 Å². The van der Waals surface area contributed by atoms with E-state index in [4.69, 9.17) is 7.85 Å². The first kappa shape index (κ1) is 6.10. The zero-order valence-corrected chi connectivity index (χ0v) is 6.33. The van der Waals surface area contributed by atoms with Gasteiger partial charge in [-0.05, 0) is 0 Å². The molecule has 0 saturated heterocycles. The molecule has 8 heavy (non-hydrogen) atoms. The number of alkyl halides is 1. The molecule has 0 amide bonds. The first-order chi connectivity index (χ1) is 3.93. The first-order valence-electron chi connectivity index (χ1n) is 2.19. The fourth-order valence-corrected chi connectivity index (χ4v) is 1.22. The minimum atomic E-state index is -0.639. The topological polar surface area (TPSA) is 33.4 Å². The molecular weight excluding hydrogens is 219 g/mol. The molecule has 1 aromatic rings. The molecule has 0 atom stereocenters. The maximum atomic E-state index is 8.49. The average Bonchev–Trinajstić information content (AvgIpc) is 2.19. The quantitative estimate of drug-likeness (QED) is 0.456. The molecular formula is C5H6IO2-. The van der Waals surface area contributed by atoms with Gasteiger partial charge in [-0.3, -0.25) is 0 Å². The van der Waals surface area contributed by atoms with E-state index in [0.717, 1.165) is 10.2 Å². The zero-order valence-electron chi connectivity index (χ0n) is 4.17. The fourth-order valence-electron chi connectivity index (χ4n) is 0.448. The predicted octanol–water partition coefficient (Wildman–Crippen LogP) is -2.22. The number of halogens is 1. The van der Waals surface area contributed by atoms with E-state index in [1.165, 1.54) is 0 Å². The van der Waals surface area contributed by atoms with Crippen LogP contribution in [0.25, 0.3) is 0 Å². The average molecular weight is 225 g/mol. The molecule has 0 spiro atoms. The fraction of sp³-hybridized carbons (Fsp3) is 0.200. The number of rotatable bonds is 2. The standard InChI is InChI=1S/C5H6IO2/c7-6-4-5-2-1-3-8-5/h1-3,7H,4H2/q-1. The molecule has 2 nitrogen and oxygen atoms in total. The van der Waals surface area contributed by atoms with E-state index in [9.17, 15) is 0 Å². The van der Waals surface area contributed by atoms with Gasteiger partial charge in [0, 0.05) is 0 Å². The molecule has 0 fully saturated rings. The van der Waals surface area contributed by atoms with Gasteiger partial charge in [0.1, 0.15) is 0 Å². The second-order valence-corrected chi connectivity index (χ2v) is 2.78. The molecule has 1 rings (SSSR count). The van der Waals surface area contributed by atoms with Crippen LogP contribution in [0.5, 0.6) is 0 Å². The van der Waals surface area contributed by atoms with Crippen molar-refractivity contribution in [3.8, 4) is 0 Å². The Morgan fingerprint density at radius 1 is 1.75 bits per heavy atom. The van der Waals surface area contributed by atoms with Crippen molar-refractivity contribution in [2.24, 2.45) is 0 Å². The van der Waals surface area contributed by atoms with E-state index in [-0.39, 0.29) is 0 Å². The Balaban J connectivity index is 2.50. The summed E-state index contributed by atoms with van der Waals surface area (Å²) in [7, 11) is 0. The third-order valence-corrected chi connectivity index (χ3v) is 1.86. The van der Waals surface area contributed by atoms with Gasteiger partial charge < -0.3 is 0 Å². The van der Waals surface area contributed by atoms with Gasteiger partial charge in [-0.25, -0.2) is 0 Å². The SMILES string of the molecule is O[I-]Cc1ccco1. The Bertz CT molecular complexity index is 136. The van der Waals surface area contributed by atoms with E-state index in [1.54, 1.807) is 6.26 Å². The van der Waals surface area contributed by atoms with Gasteiger partial charge >= 0.3 is 58.1 Å². The van der Waals surface area contributed by atoms with Gasteiger partial charge in [-0.2, -0.15) is 0 Å². The van der Waals surface area contributed by atoms with E-state index in [0.29, 0.717) is 0 Å². The van der Waals surface area contributed by atoms with Crippen molar-refractivity contribution < 1.29 is 29.5 Å². The summed E-state index contributed by atoms with van der Waals surface area (Å²) in [5.74, 6) is 0.889. The molecule has 3 heteroatoms. The van der Waals surface area contributed by atoms with Crippen LogP contribution in [0.2, 0.25) is 0 Å². The van der Waals surface area contributed by atoms with Crippen molar-refractivity contribution in [1.29, 1.82) is 0 Å². The summed E-state index contributed by atoms with van der Waals surface area (Å²) in [6, 6.07) is 3.70. The van der Waals surface area contributed by atoms with E-state index in [2.05, 4.69) is 0 Å². The second kappa shape index (κ2) is 3.09. The number of furan rings is 1. The van der Waals surface area contributed by atoms with Gasteiger partial charge in [0.2, 0.25) is 0 Å². The van der Waals surface area contributed by atoms with E-state index >= 15 is 0 Å². The van der Waals surface area contributed by atoms with Crippen LogP contribution < -0.4 is 21.6 Å². The van der Waals surface area contributed by atoms with Gasteiger partial charge in [-0.15, -0.1) is 0 Å². The van der Waals surface area contributed by atoms with Crippen molar-refractivity contribution in [3.05, 3.63) is 24.2 Å². The van der Waals surface area contributed by atoms with Crippen molar-refractivity contribution in [2.75, 3.05) is 0 Å². The number of hydrogen-bond donors (Lipinski definition) is 1. The van der Waals surface area contributed by atoms with Crippen LogP contribution in [-0.4, -0.2) is 3.44 Å². The molecule has 0 saturated carbocycles. The van der Waals surface area contributed by atoms with Gasteiger partial charge in [0.15, 0.2) is 0 Å². The van der Waals surface area contributed by atoms with Crippen LogP contribution in [0.3, 0.4) is 0 Å². The molecule has 1 aromatic heterocycles. The molecule has 0 aromatic carbocycles. The van der Waals surface area contributed by atoms with Crippen LogP contribution in [0.1, 0.15) is 5.76 Å². The number of hydrogen-bond acceptors (Lipinski definition) is 2. The van der Waals surface area contributed by atoms with Crippen molar-refractivity contribution in [2.45, 2.75) is 4.43 Å². The third kappa shape index (κ3) is 1.48. The monoisotopic (exact) mass is 225 g/mol. The van der Waals surface area contributed by atoms with Crippen molar-refractivity contribution >= 4 is 0 Å². The Morgan fingerprint density at radius 2 is 2.62 bits per heavy atom. The van der Waals surface area contributed by atoms with Crippen LogP contribution in [-0.2, 0) is 4.43 Å². The molecule has 0 aliphatic carbocycles. The first-order valence-corrected chi connectivity index (χ1v) is 4.68. The second-order valence-electron chi connectivity index (χ2n) is 1.33. The summed E-state index contributed by atoms with van der Waals surface area (Å²) in [5.41, 5.74) is 0. The van der Waals surface area contributed by atoms with Crippen LogP contribution in [0.4, 0.5) is 0 Å². The minimum absolute atomic E-state index is 0.639. The van der Waals surface area contributed by atoms with Crippen LogP contribution in [0, 0.1) is 0 Å². The van der Waals surface area contributed by atoms with Gasteiger partial charge in [0.05, 0.1) is 0 Å². The van der Waals surface area contributed by atoms with Crippen LogP contribution >= 0.6 is 0 Å².